The van der Waals surface area contributed by atoms with Crippen LogP contribution in [0.1, 0.15) is 21.7 Å². The first-order chi connectivity index (χ1) is 10.3. The van der Waals surface area contributed by atoms with Gasteiger partial charge in [0.15, 0.2) is 0 Å². The van der Waals surface area contributed by atoms with E-state index in [2.05, 4.69) is 4.98 Å². The van der Waals surface area contributed by atoms with Crippen molar-refractivity contribution in [2.24, 2.45) is 0 Å². The van der Waals surface area contributed by atoms with Gasteiger partial charge in [-0.05, 0) is 35.2 Å². The number of rotatable bonds is 5. The predicted molar refractivity (Wildman–Crippen MR) is 80.8 cm³/mol. The zero-order chi connectivity index (χ0) is 14.5. The molecule has 0 radical (unpaired) electrons. The molecule has 21 heavy (non-hydrogen) atoms. The molecule has 0 aliphatic rings. The zero-order valence-corrected chi connectivity index (χ0v) is 12.1. The maximum Gasteiger partial charge on any atom is 0.255 e. The Balaban J connectivity index is 1.82. The van der Waals surface area contributed by atoms with E-state index in [1.54, 1.807) is 23.6 Å². The van der Waals surface area contributed by atoms with Gasteiger partial charge in [-0.1, -0.05) is 6.07 Å². The van der Waals surface area contributed by atoms with E-state index in [0.29, 0.717) is 18.7 Å². The van der Waals surface area contributed by atoms with Gasteiger partial charge in [0.05, 0.1) is 18.4 Å². The third kappa shape index (κ3) is 3.38. The van der Waals surface area contributed by atoms with Gasteiger partial charge in [-0.15, -0.1) is 0 Å². The molecule has 1 amide bonds. The minimum Gasteiger partial charge on any atom is -0.467 e. The van der Waals surface area contributed by atoms with E-state index in [4.69, 9.17) is 4.42 Å². The van der Waals surface area contributed by atoms with Gasteiger partial charge in [-0.3, -0.25) is 9.78 Å². The molecule has 3 aromatic heterocycles. The second kappa shape index (κ2) is 6.37. The highest BCUT2D eigenvalue weighted by Crippen LogP contribution is 2.16. The van der Waals surface area contributed by atoms with Crippen LogP contribution in [-0.2, 0) is 13.1 Å². The lowest BCUT2D eigenvalue weighted by Crippen LogP contribution is -2.29. The summed E-state index contributed by atoms with van der Waals surface area (Å²) < 4.78 is 5.36. The Morgan fingerprint density at radius 1 is 1.24 bits per heavy atom. The summed E-state index contributed by atoms with van der Waals surface area (Å²) in [7, 11) is 0. The van der Waals surface area contributed by atoms with Crippen molar-refractivity contribution in [3.05, 3.63) is 76.6 Å². The molecule has 0 bridgehead atoms. The number of hydrogen-bond donors (Lipinski definition) is 0. The van der Waals surface area contributed by atoms with Crippen LogP contribution in [0.2, 0.25) is 0 Å². The van der Waals surface area contributed by atoms with Gasteiger partial charge in [0, 0.05) is 24.3 Å². The lowest BCUT2D eigenvalue weighted by Gasteiger charge is -2.21. The number of nitrogens with zero attached hydrogens (tertiary/aromatic N) is 2. The molecular weight excluding hydrogens is 284 g/mol. The van der Waals surface area contributed by atoms with Gasteiger partial charge >= 0.3 is 0 Å². The number of pyridine rings is 1. The average molecular weight is 298 g/mol. The molecule has 0 aliphatic carbocycles. The Labute approximate surface area is 126 Å². The van der Waals surface area contributed by atoms with Crippen LogP contribution in [-0.4, -0.2) is 15.8 Å². The first-order valence-electron chi connectivity index (χ1n) is 6.55. The minimum atomic E-state index is -0.00324. The van der Waals surface area contributed by atoms with Crippen molar-refractivity contribution in [2.45, 2.75) is 13.1 Å². The van der Waals surface area contributed by atoms with E-state index in [1.807, 2.05) is 41.1 Å². The second-order valence-electron chi connectivity index (χ2n) is 4.61. The summed E-state index contributed by atoms with van der Waals surface area (Å²) in [4.78, 5) is 18.5. The van der Waals surface area contributed by atoms with E-state index >= 15 is 0 Å². The molecule has 0 unspecified atom stereocenters. The molecule has 3 rings (SSSR count). The molecule has 3 aromatic rings. The van der Waals surface area contributed by atoms with Crippen molar-refractivity contribution in [2.75, 3.05) is 0 Å². The lowest BCUT2D eigenvalue weighted by molar-refractivity contribution is 0.0718. The van der Waals surface area contributed by atoms with Crippen molar-refractivity contribution >= 4 is 17.2 Å². The van der Waals surface area contributed by atoms with E-state index in [1.165, 1.54) is 11.3 Å². The first-order valence-corrected chi connectivity index (χ1v) is 7.50. The molecule has 0 saturated heterocycles. The summed E-state index contributed by atoms with van der Waals surface area (Å²) in [6.45, 7) is 0.944. The Morgan fingerprint density at radius 2 is 2.19 bits per heavy atom. The van der Waals surface area contributed by atoms with Crippen LogP contribution < -0.4 is 0 Å². The maximum atomic E-state index is 12.6. The molecule has 0 saturated carbocycles. The number of carbonyl (C=O) groups is 1. The topological polar surface area (TPSA) is 46.3 Å². The zero-order valence-electron chi connectivity index (χ0n) is 11.3. The Morgan fingerprint density at radius 3 is 2.86 bits per heavy atom. The highest BCUT2D eigenvalue weighted by atomic mass is 32.1. The Bertz CT molecular complexity index is 678. The SMILES string of the molecule is O=C(c1ccsc1)N(Cc1cccnc1)Cc1ccco1. The monoisotopic (exact) mass is 298 g/mol. The quantitative estimate of drug-likeness (QED) is 0.723. The van der Waals surface area contributed by atoms with Gasteiger partial charge in [0.2, 0.25) is 0 Å². The van der Waals surface area contributed by atoms with E-state index in [9.17, 15) is 4.79 Å². The fourth-order valence-corrected chi connectivity index (χ4v) is 2.70. The van der Waals surface area contributed by atoms with Crippen molar-refractivity contribution < 1.29 is 9.21 Å². The maximum absolute atomic E-state index is 12.6. The molecule has 4 nitrogen and oxygen atoms in total. The van der Waals surface area contributed by atoms with E-state index in [-0.39, 0.29) is 5.91 Å². The highest BCUT2D eigenvalue weighted by molar-refractivity contribution is 7.08. The van der Waals surface area contributed by atoms with Crippen LogP contribution >= 0.6 is 11.3 Å². The molecule has 3 heterocycles. The molecule has 0 N–H and O–H groups in total. The standard InChI is InChI=1S/C16H14N2O2S/c19-16(14-5-8-21-12-14)18(11-15-4-2-7-20-15)10-13-3-1-6-17-9-13/h1-9,12H,10-11H2. The van der Waals surface area contributed by atoms with Gasteiger partial charge < -0.3 is 9.32 Å². The third-order valence-corrected chi connectivity index (χ3v) is 3.76. The highest BCUT2D eigenvalue weighted by Gasteiger charge is 2.18. The summed E-state index contributed by atoms with van der Waals surface area (Å²) in [5.74, 6) is 0.763. The second-order valence-corrected chi connectivity index (χ2v) is 5.39. The molecule has 0 spiro atoms. The normalized spacial score (nSPS) is 10.5. The number of thiophene rings is 1. The van der Waals surface area contributed by atoms with Gasteiger partial charge in [0.25, 0.3) is 5.91 Å². The first kappa shape index (κ1) is 13.6. The number of amides is 1. The predicted octanol–water partition coefficient (Wildman–Crippen LogP) is 3.58. The van der Waals surface area contributed by atoms with Crippen LogP contribution in [0.3, 0.4) is 0 Å². The van der Waals surface area contributed by atoms with Crippen LogP contribution in [0.5, 0.6) is 0 Å². The van der Waals surface area contributed by atoms with Crippen LogP contribution in [0.25, 0.3) is 0 Å². The van der Waals surface area contributed by atoms with Crippen molar-refractivity contribution in [1.82, 2.24) is 9.88 Å². The van der Waals surface area contributed by atoms with Crippen LogP contribution in [0.15, 0.2) is 64.2 Å². The molecule has 0 fully saturated rings. The molecule has 0 aliphatic heterocycles. The van der Waals surface area contributed by atoms with Crippen molar-refractivity contribution in [3.63, 3.8) is 0 Å². The summed E-state index contributed by atoms with van der Waals surface area (Å²) in [5, 5.41) is 3.77. The van der Waals surface area contributed by atoms with E-state index < -0.39 is 0 Å². The largest absolute Gasteiger partial charge is 0.467 e. The molecular formula is C16H14N2O2S. The van der Waals surface area contributed by atoms with Crippen LogP contribution in [0.4, 0.5) is 0 Å². The summed E-state index contributed by atoms with van der Waals surface area (Å²) >= 11 is 1.52. The van der Waals surface area contributed by atoms with Gasteiger partial charge in [-0.25, -0.2) is 0 Å². The summed E-state index contributed by atoms with van der Waals surface area (Å²) in [6, 6.07) is 9.37. The van der Waals surface area contributed by atoms with Crippen molar-refractivity contribution in [1.29, 1.82) is 0 Å². The molecule has 0 aromatic carbocycles. The molecule has 106 valence electrons. The molecule has 0 atom stereocenters. The number of hydrogen-bond acceptors (Lipinski definition) is 4. The number of furan rings is 1. The minimum absolute atomic E-state index is 0.00324. The average Bonchev–Trinajstić information content (AvgIpc) is 3.20. The summed E-state index contributed by atoms with van der Waals surface area (Å²) in [6.07, 6.45) is 5.11. The van der Waals surface area contributed by atoms with Crippen molar-refractivity contribution in [3.8, 4) is 0 Å². The fourth-order valence-electron chi connectivity index (χ4n) is 2.07. The lowest BCUT2D eigenvalue weighted by atomic mass is 10.2. The molecule has 5 heteroatoms. The summed E-state index contributed by atoms with van der Waals surface area (Å²) in [5.41, 5.74) is 1.70. The van der Waals surface area contributed by atoms with Gasteiger partial charge in [-0.2, -0.15) is 11.3 Å². The van der Waals surface area contributed by atoms with Gasteiger partial charge in [0.1, 0.15) is 5.76 Å². The van der Waals surface area contributed by atoms with E-state index in [0.717, 1.165) is 11.3 Å². The fraction of sp³-hybridized carbons (Fsp3) is 0.125. The third-order valence-electron chi connectivity index (χ3n) is 3.08. The Kier molecular flexibility index (Phi) is 4.12. The number of aromatic nitrogens is 1. The number of carbonyl (C=O) groups excluding carboxylic acids is 1. The Hall–Kier alpha value is -2.40. The smallest absolute Gasteiger partial charge is 0.255 e. The van der Waals surface area contributed by atoms with Crippen LogP contribution in [0, 0.1) is 0 Å².